The van der Waals surface area contributed by atoms with Gasteiger partial charge in [0.1, 0.15) is 0 Å². The summed E-state index contributed by atoms with van der Waals surface area (Å²) >= 11 is 5.74. The van der Waals surface area contributed by atoms with Crippen molar-refractivity contribution in [3.05, 3.63) is 29.4 Å². The van der Waals surface area contributed by atoms with Gasteiger partial charge < -0.3 is 0 Å². The Balaban J connectivity index is 2.21. The number of aryl methyl sites for hydroxylation is 1. The molecule has 0 N–H and O–H groups in total. The van der Waals surface area contributed by atoms with Crippen molar-refractivity contribution in [3.63, 3.8) is 0 Å². The first-order valence-corrected chi connectivity index (χ1v) is 5.64. The molecule has 2 nitrogen and oxygen atoms in total. The fourth-order valence-electron chi connectivity index (χ4n) is 1.61. The molecule has 19 heavy (non-hydrogen) atoms. The second kappa shape index (κ2) is 4.63. The van der Waals surface area contributed by atoms with Crippen LogP contribution < -0.4 is 0 Å². The van der Waals surface area contributed by atoms with Crippen molar-refractivity contribution in [3.8, 4) is 0 Å². The molecule has 0 aliphatic carbocycles. The first kappa shape index (κ1) is 14.0. The Morgan fingerprint density at radius 2 is 1.84 bits per heavy atom. The van der Waals surface area contributed by atoms with Gasteiger partial charge in [0.2, 0.25) is 0 Å². The maximum atomic E-state index is 12.8. The Morgan fingerprint density at radius 1 is 1.16 bits per heavy atom. The summed E-state index contributed by atoms with van der Waals surface area (Å²) in [5.41, 5.74) is 0.422. The molecule has 0 fully saturated rings. The third-order valence-corrected chi connectivity index (χ3v) is 2.89. The van der Waals surface area contributed by atoms with Gasteiger partial charge in [0.05, 0.1) is 11.7 Å². The minimum atomic E-state index is -5.55. The number of hydrogen-bond acceptors (Lipinski definition) is 1. The van der Waals surface area contributed by atoms with Crippen LogP contribution in [-0.2, 0) is 6.54 Å². The van der Waals surface area contributed by atoms with Gasteiger partial charge in [0, 0.05) is 23.4 Å². The molecular formula is C11H8ClF5N2. The fourth-order valence-corrected chi connectivity index (χ4v) is 1.78. The topological polar surface area (TPSA) is 17.8 Å². The molecule has 1 heterocycles. The molecule has 0 radical (unpaired) electrons. The molecule has 0 saturated heterocycles. The van der Waals surface area contributed by atoms with Crippen LogP contribution in [0.2, 0.25) is 5.02 Å². The van der Waals surface area contributed by atoms with Gasteiger partial charge in [-0.05, 0) is 18.2 Å². The highest BCUT2D eigenvalue weighted by molar-refractivity contribution is 6.31. The number of alkyl halides is 5. The number of rotatable bonds is 3. The minimum absolute atomic E-state index is 0.358. The number of benzene rings is 1. The molecule has 0 saturated carbocycles. The van der Waals surface area contributed by atoms with Crippen molar-refractivity contribution >= 4 is 22.5 Å². The third kappa shape index (κ3) is 2.80. The second-order valence-corrected chi connectivity index (χ2v) is 4.46. The van der Waals surface area contributed by atoms with Gasteiger partial charge in [-0.1, -0.05) is 11.6 Å². The molecule has 0 amide bonds. The van der Waals surface area contributed by atoms with Crippen LogP contribution in [0.4, 0.5) is 22.0 Å². The molecule has 2 aromatic rings. The van der Waals surface area contributed by atoms with E-state index in [1.165, 1.54) is 12.3 Å². The molecule has 0 spiro atoms. The lowest BCUT2D eigenvalue weighted by atomic mass is 10.2. The highest BCUT2D eigenvalue weighted by Gasteiger charge is 2.56. The first-order chi connectivity index (χ1) is 8.71. The summed E-state index contributed by atoms with van der Waals surface area (Å²) in [6.45, 7) is -0.545. The SMILES string of the molecule is FC(F)(F)C(F)(F)CCn1ncc2ccc(Cl)cc21. The zero-order valence-electron chi connectivity index (χ0n) is 9.39. The predicted molar refractivity (Wildman–Crippen MR) is 60.4 cm³/mol. The van der Waals surface area contributed by atoms with E-state index in [1.54, 1.807) is 12.1 Å². The Hall–Kier alpha value is -1.37. The Morgan fingerprint density at radius 3 is 2.47 bits per heavy atom. The summed E-state index contributed by atoms with van der Waals surface area (Å²) in [5.74, 6) is -4.73. The van der Waals surface area contributed by atoms with Crippen LogP contribution in [0.15, 0.2) is 24.4 Å². The van der Waals surface area contributed by atoms with Crippen molar-refractivity contribution in [1.29, 1.82) is 0 Å². The van der Waals surface area contributed by atoms with E-state index in [4.69, 9.17) is 11.6 Å². The summed E-state index contributed by atoms with van der Waals surface area (Å²) in [6, 6.07) is 4.67. The zero-order chi connectivity index (χ0) is 14.3. The van der Waals surface area contributed by atoms with Crippen molar-refractivity contribution in [2.75, 3.05) is 0 Å². The van der Waals surface area contributed by atoms with Gasteiger partial charge in [0.25, 0.3) is 0 Å². The van der Waals surface area contributed by atoms with Gasteiger partial charge in [-0.25, -0.2) is 0 Å². The Bertz CT molecular complexity index is 590. The number of hydrogen-bond donors (Lipinski definition) is 0. The van der Waals surface area contributed by atoms with Gasteiger partial charge in [-0.2, -0.15) is 27.1 Å². The van der Waals surface area contributed by atoms with Crippen molar-refractivity contribution in [2.24, 2.45) is 0 Å². The molecule has 0 bridgehead atoms. The van der Waals surface area contributed by atoms with Crippen LogP contribution in [0.1, 0.15) is 6.42 Å². The third-order valence-electron chi connectivity index (χ3n) is 2.66. The zero-order valence-corrected chi connectivity index (χ0v) is 10.1. The van der Waals surface area contributed by atoms with Gasteiger partial charge >= 0.3 is 12.1 Å². The lowest BCUT2D eigenvalue weighted by molar-refractivity contribution is -0.285. The maximum absolute atomic E-state index is 12.8. The fraction of sp³-hybridized carbons (Fsp3) is 0.364. The molecule has 1 aromatic carbocycles. The molecule has 104 valence electrons. The molecule has 0 atom stereocenters. The Labute approximate surface area is 109 Å². The van der Waals surface area contributed by atoms with Gasteiger partial charge in [-0.15, -0.1) is 0 Å². The molecule has 0 aliphatic heterocycles. The molecule has 0 aliphatic rings. The van der Waals surface area contributed by atoms with E-state index in [0.717, 1.165) is 4.68 Å². The van der Waals surface area contributed by atoms with Crippen LogP contribution in [0, 0.1) is 0 Å². The average Bonchev–Trinajstić information content (AvgIpc) is 2.67. The number of halogens is 6. The van der Waals surface area contributed by atoms with Crippen LogP contribution in [0.5, 0.6) is 0 Å². The number of aromatic nitrogens is 2. The van der Waals surface area contributed by atoms with Crippen molar-refractivity contribution in [1.82, 2.24) is 9.78 Å². The predicted octanol–water partition coefficient (Wildman–Crippen LogP) is 4.28. The second-order valence-electron chi connectivity index (χ2n) is 4.02. The maximum Gasteiger partial charge on any atom is 0.453 e. The highest BCUT2D eigenvalue weighted by atomic mass is 35.5. The summed E-state index contributed by atoms with van der Waals surface area (Å²) in [6.07, 6.45) is -5.52. The monoisotopic (exact) mass is 298 g/mol. The smallest absolute Gasteiger partial charge is 0.265 e. The lowest BCUT2D eigenvalue weighted by Gasteiger charge is -2.19. The molecule has 0 unspecified atom stereocenters. The standard InChI is InChI=1S/C11H8ClF5N2/c12-8-2-1-7-6-18-19(9(7)5-8)4-3-10(13,14)11(15,16)17/h1-2,5-6H,3-4H2. The van der Waals surface area contributed by atoms with Crippen molar-refractivity contribution < 1.29 is 22.0 Å². The van der Waals surface area contributed by atoms with Gasteiger partial charge in [-0.3, -0.25) is 4.68 Å². The minimum Gasteiger partial charge on any atom is -0.265 e. The van der Waals surface area contributed by atoms with Gasteiger partial charge in [0.15, 0.2) is 0 Å². The summed E-state index contributed by atoms with van der Waals surface area (Å²) in [7, 11) is 0. The molecular weight excluding hydrogens is 291 g/mol. The quantitative estimate of drug-likeness (QED) is 0.774. The lowest BCUT2D eigenvalue weighted by Crippen LogP contribution is -2.37. The molecule has 1 aromatic heterocycles. The van der Waals surface area contributed by atoms with E-state index < -0.39 is 25.1 Å². The average molecular weight is 299 g/mol. The summed E-state index contributed by atoms with van der Waals surface area (Å²) < 4.78 is 62.8. The number of fused-ring (bicyclic) bond motifs is 1. The van der Waals surface area contributed by atoms with E-state index >= 15 is 0 Å². The molecule has 2 rings (SSSR count). The summed E-state index contributed by atoms with van der Waals surface area (Å²) in [4.78, 5) is 0. The first-order valence-electron chi connectivity index (χ1n) is 5.26. The van der Waals surface area contributed by atoms with Crippen LogP contribution in [-0.4, -0.2) is 21.9 Å². The Kier molecular flexibility index (Phi) is 3.42. The van der Waals surface area contributed by atoms with Crippen LogP contribution in [0.3, 0.4) is 0 Å². The van der Waals surface area contributed by atoms with E-state index in [0.29, 0.717) is 15.9 Å². The largest absolute Gasteiger partial charge is 0.453 e. The number of nitrogens with zero attached hydrogens (tertiary/aromatic N) is 2. The van der Waals surface area contributed by atoms with E-state index in [1.807, 2.05) is 0 Å². The van der Waals surface area contributed by atoms with Crippen molar-refractivity contribution in [2.45, 2.75) is 25.1 Å². The normalized spacial score (nSPS) is 13.2. The van der Waals surface area contributed by atoms with E-state index in [9.17, 15) is 22.0 Å². The highest BCUT2D eigenvalue weighted by Crippen LogP contribution is 2.38. The van der Waals surface area contributed by atoms with E-state index in [-0.39, 0.29) is 0 Å². The summed E-state index contributed by atoms with van der Waals surface area (Å²) in [5, 5.41) is 4.76. The van der Waals surface area contributed by atoms with Crippen LogP contribution >= 0.6 is 11.6 Å². The molecule has 8 heteroatoms. The van der Waals surface area contributed by atoms with E-state index in [2.05, 4.69) is 5.10 Å². The van der Waals surface area contributed by atoms with Crippen LogP contribution in [0.25, 0.3) is 10.9 Å².